The van der Waals surface area contributed by atoms with Crippen LogP contribution < -0.4 is 10.6 Å². The van der Waals surface area contributed by atoms with E-state index < -0.39 is 11.6 Å². The van der Waals surface area contributed by atoms with Crippen molar-refractivity contribution in [1.82, 2.24) is 10.6 Å². The molecule has 0 saturated heterocycles. The molecule has 5 heteroatoms. The number of carbonyl (C=O) groups excluding carboxylic acids is 1. The van der Waals surface area contributed by atoms with E-state index in [4.69, 9.17) is 0 Å². The molecule has 1 aromatic rings. The molecular weight excluding hydrogens is 226 g/mol. The smallest absolute Gasteiger partial charge is 0.234 e. The molecule has 1 aromatic carbocycles. The van der Waals surface area contributed by atoms with Crippen LogP contribution in [0.5, 0.6) is 0 Å². The Balaban J connectivity index is 1.79. The lowest BCUT2D eigenvalue weighted by atomic mass is 10.2. The third-order valence-corrected chi connectivity index (χ3v) is 2.59. The summed E-state index contributed by atoms with van der Waals surface area (Å²) in [7, 11) is 0. The Labute approximate surface area is 98.2 Å². The first-order chi connectivity index (χ1) is 8.16. The van der Waals surface area contributed by atoms with E-state index in [0.29, 0.717) is 6.04 Å². The normalized spacial score (nSPS) is 14.7. The van der Waals surface area contributed by atoms with Crippen LogP contribution >= 0.6 is 0 Å². The van der Waals surface area contributed by atoms with Crippen molar-refractivity contribution in [2.45, 2.75) is 25.4 Å². The van der Waals surface area contributed by atoms with E-state index in [-0.39, 0.29) is 24.6 Å². The van der Waals surface area contributed by atoms with E-state index in [1.54, 1.807) is 0 Å². The number of hydrogen-bond acceptors (Lipinski definition) is 2. The highest BCUT2D eigenvalue weighted by atomic mass is 19.1. The zero-order valence-electron chi connectivity index (χ0n) is 9.30. The van der Waals surface area contributed by atoms with Crippen molar-refractivity contribution < 1.29 is 13.6 Å². The molecular formula is C12H14F2N2O. The molecule has 3 nitrogen and oxygen atoms in total. The Morgan fingerprint density at radius 1 is 1.29 bits per heavy atom. The van der Waals surface area contributed by atoms with Gasteiger partial charge in [0.15, 0.2) is 0 Å². The molecule has 0 heterocycles. The second kappa shape index (κ2) is 5.23. The van der Waals surface area contributed by atoms with E-state index in [1.165, 1.54) is 18.2 Å². The zero-order chi connectivity index (χ0) is 12.3. The molecule has 0 aromatic heterocycles. The van der Waals surface area contributed by atoms with Crippen molar-refractivity contribution in [3.05, 3.63) is 35.4 Å². The van der Waals surface area contributed by atoms with E-state index in [1.807, 2.05) is 0 Å². The summed E-state index contributed by atoms with van der Waals surface area (Å²) in [6, 6.07) is 4.01. The molecule has 1 aliphatic rings. The van der Waals surface area contributed by atoms with Crippen molar-refractivity contribution in [3.8, 4) is 0 Å². The van der Waals surface area contributed by atoms with Gasteiger partial charge >= 0.3 is 0 Å². The maximum Gasteiger partial charge on any atom is 0.234 e. The first-order valence-electron chi connectivity index (χ1n) is 5.60. The third-order valence-electron chi connectivity index (χ3n) is 2.59. The van der Waals surface area contributed by atoms with Gasteiger partial charge in [-0.25, -0.2) is 8.78 Å². The molecule has 0 unspecified atom stereocenters. The minimum atomic E-state index is -0.597. The quantitative estimate of drug-likeness (QED) is 0.815. The molecule has 0 bridgehead atoms. The predicted molar refractivity (Wildman–Crippen MR) is 59.2 cm³/mol. The lowest BCUT2D eigenvalue weighted by Gasteiger charge is -2.07. The summed E-state index contributed by atoms with van der Waals surface area (Å²) >= 11 is 0. The van der Waals surface area contributed by atoms with Crippen LogP contribution in [0.25, 0.3) is 0 Å². The van der Waals surface area contributed by atoms with Crippen molar-refractivity contribution in [2.24, 2.45) is 0 Å². The van der Waals surface area contributed by atoms with Crippen molar-refractivity contribution in [3.63, 3.8) is 0 Å². The minimum absolute atomic E-state index is 0.0105. The van der Waals surface area contributed by atoms with Crippen LogP contribution in [0.2, 0.25) is 0 Å². The number of carbonyl (C=O) groups is 1. The number of halogens is 2. The van der Waals surface area contributed by atoms with Crippen LogP contribution in [-0.4, -0.2) is 18.5 Å². The summed E-state index contributed by atoms with van der Waals surface area (Å²) in [4.78, 5) is 11.3. The van der Waals surface area contributed by atoms with Gasteiger partial charge in [0.1, 0.15) is 11.6 Å². The molecule has 1 saturated carbocycles. The van der Waals surface area contributed by atoms with Crippen LogP contribution in [0.4, 0.5) is 8.78 Å². The molecule has 0 spiro atoms. The van der Waals surface area contributed by atoms with Crippen LogP contribution in [0, 0.1) is 11.6 Å². The Bertz CT molecular complexity index is 399. The molecule has 1 fully saturated rings. The fraction of sp³-hybridized carbons (Fsp3) is 0.417. The molecule has 0 atom stereocenters. The summed E-state index contributed by atoms with van der Waals surface area (Å²) in [5.74, 6) is -1.33. The van der Waals surface area contributed by atoms with Crippen molar-refractivity contribution in [1.29, 1.82) is 0 Å². The van der Waals surface area contributed by atoms with Gasteiger partial charge in [-0.2, -0.15) is 0 Å². The van der Waals surface area contributed by atoms with Gasteiger partial charge in [-0.3, -0.25) is 4.79 Å². The Morgan fingerprint density at radius 2 is 1.94 bits per heavy atom. The van der Waals surface area contributed by atoms with Gasteiger partial charge in [-0.05, 0) is 25.0 Å². The van der Waals surface area contributed by atoms with Crippen molar-refractivity contribution >= 4 is 5.91 Å². The maximum absolute atomic E-state index is 13.2. The number of rotatable bonds is 5. The topological polar surface area (TPSA) is 41.1 Å². The molecule has 0 aliphatic heterocycles. The third kappa shape index (κ3) is 3.49. The van der Waals surface area contributed by atoms with Crippen LogP contribution in [0.15, 0.2) is 18.2 Å². The van der Waals surface area contributed by atoms with Crippen molar-refractivity contribution in [2.75, 3.05) is 6.54 Å². The average molecular weight is 240 g/mol. The van der Waals surface area contributed by atoms with E-state index in [0.717, 1.165) is 12.8 Å². The van der Waals surface area contributed by atoms with Gasteiger partial charge in [0.2, 0.25) is 5.91 Å². The van der Waals surface area contributed by atoms with Gasteiger partial charge < -0.3 is 10.6 Å². The Morgan fingerprint density at radius 3 is 2.53 bits per heavy atom. The SMILES string of the molecule is O=C(CNCc1c(F)cccc1F)NC1CC1. The fourth-order valence-electron chi connectivity index (χ4n) is 1.51. The summed E-state index contributed by atoms with van der Waals surface area (Å²) < 4.78 is 26.4. The van der Waals surface area contributed by atoms with Gasteiger partial charge in [0.05, 0.1) is 6.54 Å². The highest BCUT2D eigenvalue weighted by Crippen LogP contribution is 2.18. The minimum Gasteiger partial charge on any atom is -0.352 e. The first-order valence-corrected chi connectivity index (χ1v) is 5.60. The van der Waals surface area contributed by atoms with Gasteiger partial charge in [0.25, 0.3) is 0 Å². The van der Waals surface area contributed by atoms with E-state index >= 15 is 0 Å². The lowest BCUT2D eigenvalue weighted by molar-refractivity contribution is -0.120. The maximum atomic E-state index is 13.2. The standard InChI is InChI=1S/C12H14F2N2O/c13-10-2-1-3-11(14)9(10)6-15-7-12(17)16-8-4-5-8/h1-3,8,15H,4-7H2,(H,16,17). The zero-order valence-corrected chi connectivity index (χ0v) is 9.30. The highest BCUT2D eigenvalue weighted by molar-refractivity contribution is 5.78. The first kappa shape index (κ1) is 12.0. The van der Waals surface area contributed by atoms with E-state index in [9.17, 15) is 13.6 Å². The molecule has 92 valence electrons. The molecule has 1 amide bonds. The molecule has 0 radical (unpaired) electrons. The van der Waals surface area contributed by atoms with Gasteiger partial charge in [-0.15, -0.1) is 0 Å². The predicted octanol–water partition coefficient (Wildman–Crippen LogP) is 1.33. The van der Waals surface area contributed by atoms with Crippen LogP contribution in [-0.2, 0) is 11.3 Å². The summed E-state index contributed by atoms with van der Waals surface area (Å²) in [5, 5.41) is 5.50. The number of benzene rings is 1. The molecule has 2 N–H and O–H groups in total. The van der Waals surface area contributed by atoms with Crippen LogP contribution in [0.3, 0.4) is 0 Å². The van der Waals surface area contributed by atoms with Gasteiger partial charge in [-0.1, -0.05) is 6.07 Å². The highest BCUT2D eigenvalue weighted by Gasteiger charge is 2.22. The summed E-state index contributed by atoms with van der Waals surface area (Å²) in [6.07, 6.45) is 2.04. The number of amides is 1. The average Bonchev–Trinajstić information content (AvgIpc) is 3.06. The van der Waals surface area contributed by atoms with E-state index in [2.05, 4.69) is 10.6 Å². The van der Waals surface area contributed by atoms with Crippen LogP contribution in [0.1, 0.15) is 18.4 Å². The summed E-state index contributed by atoms with van der Waals surface area (Å²) in [5.41, 5.74) is -0.0354. The Hall–Kier alpha value is -1.49. The fourth-order valence-corrected chi connectivity index (χ4v) is 1.51. The second-order valence-electron chi connectivity index (χ2n) is 4.15. The Kier molecular flexibility index (Phi) is 3.68. The van der Waals surface area contributed by atoms with Gasteiger partial charge in [0, 0.05) is 18.2 Å². The number of nitrogens with one attached hydrogen (secondary N) is 2. The lowest BCUT2D eigenvalue weighted by Crippen LogP contribution is -2.35. The second-order valence-corrected chi connectivity index (χ2v) is 4.15. The molecule has 1 aliphatic carbocycles. The number of hydrogen-bond donors (Lipinski definition) is 2. The largest absolute Gasteiger partial charge is 0.352 e. The summed E-state index contributed by atoms with van der Waals surface area (Å²) in [6.45, 7) is 0.0842. The monoisotopic (exact) mass is 240 g/mol. The molecule has 2 rings (SSSR count). The molecule has 17 heavy (non-hydrogen) atoms.